The third-order valence-electron chi connectivity index (χ3n) is 4.74. The maximum absolute atomic E-state index is 12.6. The van der Waals surface area contributed by atoms with E-state index in [1.54, 1.807) is 32.0 Å². The third-order valence-corrected chi connectivity index (χ3v) is 5.56. The first-order chi connectivity index (χ1) is 14.4. The summed E-state index contributed by atoms with van der Waals surface area (Å²) in [5.74, 6) is -0.321. The van der Waals surface area contributed by atoms with Gasteiger partial charge in [0.2, 0.25) is 15.9 Å². The van der Waals surface area contributed by atoms with Crippen molar-refractivity contribution in [1.29, 1.82) is 0 Å². The number of carbonyl (C=O) groups excluding carboxylic acids is 1. The molecule has 0 aliphatic heterocycles. The minimum Gasteiger partial charge on any atom is -0.348 e. The summed E-state index contributed by atoms with van der Waals surface area (Å²) in [5.41, 5.74) is 7.53. The van der Waals surface area contributed by atoms with Crippen molar-refractivity contribution in [3.8, 4) is 0 Å². The second kappa shape index (κ2) is 10.3. The molecular formula is C23H30ClN3O3S. The minimum absolute atomic E-state index is 0.321. The summed E-state index contributed by atoms with van der Waals surface area (Å²) >= 11 is 6.17. The molecule has 0 aliphatic rings. The lowest BCUT2D eigenvalue weighted by Crippen LogP contribution is -2.52. The summed E-state index contributed by atoms with van der Waals surface area (Å²) in [7, 11) is -3.51. The molecule has 0 spiro atoms. The Morgan fingerprint density at radius 2 is 1.84 bits per heavy atom. The molecule has 8 heteroatoms. The van der Waals surface area contributed by atoms with E-state index < -0.39 is 21.6 Å². The summed E-state index contributed by atoms with van der Waals surface area (Å²) in [5, 5.41) is 3.40. The third kappa shape index (κ3) is 8.01. The molecule has 0 heterocycles. The number of amides is 1. The summed E-state index contributed by atoms with van der Waals surface area (Å²) in [6, 6.07) is 14.4. The SMILES string of the molecule is C=C(c1cc(Cl)ccc1NS(C)(=O)=O)C(CCCc1ccccc1)NC(=O)C(C)(C)N. The lowest BCUT2D eigenvalue weighted by molar-refractivity contribution is -0.125. The average Bonchev–Trinajstić information content (AvgIpc) is 2.67. The van der Waals surface area contributed by atoms with E-state index in [9.17, 15) is 13.2 Å². The fourth-order valence-corrected chi connectivity index (χ4v) is 3.84. The van der Waals surface area contributed by atoms with Gasteiger partial charge in [-0.05, 0) is 62.4 Å². The Morgan fingerprint density at radius 1 is 1.19 bits per heavy atom. The van der Waals surface area contributed by atoms with E-state index in [2.05, 4.69) is 28.8 Å². The van der Waals surface area contributed by atoms with Crippen molar-refractivity contribution < 1.29 is 13.2 Å². The summed E-state index contributed by atoms with van der Waals surface area (Å²) in [6.45, 7) is 7.42. The molecular weight excluding hydrogens is 434 g/mol. The summed E-state index contributed by atoms with van der Waals surface area (Å²) in [4.78, 5) is 12.6. The largest absolute Gasteiger partial charge is 0.348 e. The molecule has 4 N–H and O–H groups in total. The fourth-order valence-electron chi connectivity index (χ4n) is 3.09. The standard InChI is InChI=1S/C23H30ClN3O3S/c1-16(19-15-18(24)13-14-21(19)27-31(4,29)30)20(26-22(28)23(2,3)25)12-8-11-17-9-6-5-7-10-17/h5-7,9-10,13-15,20,27H,1,8,11-12,25H2,2-4H3,(H,26,28). The number of nitrogens with two attached hydrogens (primary N) is 1. The van der Waals surface area contributed by atoms with E-state index >= 15 is 0 Å². The highest BCUT2D eigenvalue weighted by molar-refractivity contribution is 7.92. The molecule has 0 saturated heterocycles. The van der Waals surface area contributed by atoms with Crippen LogP contribution in [-0.4, -0.2) is 32.2 Å². The van der Waals surface area contributed by atoms with Gasteiger partial charge in [-0.2, -0.15) is 0 Å². The van der Waals surface area contributed by atoms with Crippen molar-refractivity contribution in [2.24, 2.45) is 5.73 Å². The van der Waals surface area contributed by atoms with Crippen LogP contribution < -0.4 is 15.8 Å². The van der Waals surface area contributed by atoms with Gasteiger partial charge in [0, 0.05) is 10.6 Å². The molecule has 2 rings (SSSR count). The van der Waals surface area contributed by atoms with Crippen LogP contribution in [0.5, 0.6) is 0 Å². The predicted molar refractivity (Wildman–Crippen MR) is 129 cm³/mol. The number of benzene rings is 2. The van der Waals surface area contributed by atoms with Crippen LogP contribution in [0.25, 0.3) is 5.57 Å². The first kappa shape index (κ1) is 24.9. The molecule has 31 heavy (non-hydrogen) atoms. The smallest absolute Gasteiger partial charge is 0.239 e. The predicted octanol–water partition coefficient (Wildman–Crippen LogP) is 3.97. The number of hydrogen-bond donors (Lipinski definition) is 3. The topological polar surface area (TPSA) is 101 Å². The van der Waals surface area contributed by atoms with Gasteiger partial charge in [-0.25, -0.2) is 8.42 Å². The van der Waals surface area contributed by atoms with Crippen LogP contribution in [0, 0.1) is 0 Å². The Balaban J connectivity index is 2.30. The number of rotatable bonds is 10. The van der Waals surface area contributed by atoms with Crippen LogP contribution >= 0.6 is 11.6 Å². The number of carbonyl (C=O) groups is 1. The molecule has 0 saturated carbocycles. The fraction of sp³-hybridized carbons (Fsp3) is 0.348. The summed E-state index contributed by atoms with van der Waals surface area (Å²) < 4.78 is 26.1. The zero-order valence-electron chi connectivity index (χ0n) is 18.1. The van der Waals surface area contributed by atoms with Crippen molar-refractivity contribution >= 4 is 38.8 Å². The Labute approximate surface area is 189 Å². The molecule has 6 nitrogen and oxygen atoms in total. The zero-order valence-corrected chi connectivity index (χ0v) is 19.7. The molecule has 0 aliphatic carbocycles. The van der Waals surface area contributed by atoms with Crippen LogP contribution in [0.15, 0.2) is 55.1 Å². The van der Waals surface area contributed by atoms with Gasteiger partial charge in [0.25, 0.3) is 0 Å². The first-order valence-electron chi connectivity index (χ1n) is 9.97. The molecule has 168 valence electrons. The highest BCUT2D eigenvalue weighted by Crippen LogP contribution is 2.31. The normalized spacial score (nSPS) is 12.8. The van der Waals surface area contributed by atoms with Gasteiger partial charge in [-0.1, -0.05) is 48.5 Å². The van der Waals surface area contributed by atoms with Crippen LogP contribution in [0.1, 0.15) is 37.8 Å². The van der Waals surface area contributed by atoms with Crippen molar-refractivity contribution in [2.45, 2.75) is 44.7 Å². The van der Waals surface area contributed by atoms with E-state index in [1.807, 2.05) is 18.2 Å². The first-order valence-corrected chi connectivity index (χ1v) is 12.2. The highest BCUT2D eigenvalue weighted by Gasteiger charge is 2.27. The van der Waals surface area contributed by atoms with Gasteiger partial charge in [-0.3, -0.25) is 9.52 Å². The van der Waals surface area contributed by atoms with Gasteiger partial charge >= 0.3 is 0 Å². The lowest BCUT2D eigenvalue weighted by atomic mass is 9.93. The highest BCUT2D eigenvalue weighted by atomic mass is 35.5. The monoisotopic (exact) mass is 463 g/mol. The quantitative estimate of drug-likeness (QED) is 0.496. The lowest BCUT2D eigenvalue weighted by Gasteiger charge is -2.27. The van der Waals surface area contributed by atoms with Crippen LogP contribution in [0.2, 0.25) is 5.02 Å². The second-order valence-corrected chi connectivity index (χ2v) is 10.4. The van der Waals surface area contributed by atoms with E-state index in [1.165, 1.54) is 5.56 Å². The Bertz CT molecular complexity index is 1030. The minimum atomic E-state index is -3.51. The van der Waals surface area contributed by atoms with Crippen molar-refractivity contribution in [3.05, 3.63) is 71.3 Å². The molecule has 0 fully saturated rings. The van der Waals surface area contributed by atoms with Gasteiger partial charge in [-0.15, -0.1) is 0 Å². The number of halogens is 1. The van der Waals surface area contributed by atoms with Gasteiger partial charge < -0.3 is 11.1 Å². The van der Waals surface area contributed by atoms with E-state index in [0.717, 1.165) is 19.1 Å². The van der Waals surface area contributed by atoms with Crippen LogP contribution in [0.4, 0.5) is 5.69 Å². The molecule has 2 aromatic rings. The number of nitrogens with one attached hydrogen (secondary N) is 2. The van der Waals surface area contributed by atoms with E-state index in [-0.39, 0.29) is 5.91 Å². The molecule has 0 radical (unpaired) electrons. The van der Waals surface area contributed by atoms with Crippen molar-refractivity contribution in [3.63, 3.8) is 0 Å². The number of sulfonamides is 1. The molecule has 0 aromatic heterocycles. The Hall–Kier alpha value is -2.35. The molecule has 0 bridgehead atoms. The zero-order chi connectivity index (χ0) is 23.2. The number of aryl methyl sites for hydroxylation is 1. The van der Waals surface area contributed by atoms with E-state index in [0.29, 0.717) is 28.3 Å². The van der Waals surface area contributed by atoms with Crippen molar-refractivity contribution in [2.75, 3.05) is 11.0 Å². The van der Waals surface area contributed by atoms with Gasteiger partial charge in [0.1, 0.15) is 0 Å². The average molecular weight is 464 g/mol. The van der Waals surface area contributed by atoms with Crippen molar-refractivity contribution in [1.82, 2.24) is 5.32 Å². The molecule has 1 atom stereocenters. The molecule has 1 amide bonds. The van der Waals surface area contributed by atoms with E-state index in [4.69, 9.17) is 17.3 Å². The Kier molecular flexibility index (Phi) is 8.28. The van der Waals surface area contributed by atoms with Crippen LogP contribution in [0.3, 0.4) is 0 Å². The van der Waals surface area contributed by atoms with Crippen LogP contribution in [-0.2, 0) is 21.2 Å². The second-order valence-electron chi connectivity index (χ2n) is 8.21. The van der Waals surface area contributed by atoms with Gasteiger partial charge in [0.15, 0.2) is 0 Å². The number of hydrogen-bond acceptors (Lipinski definition) is 4. The molecule has 2 aromatic carbocycles. The van der Waals surface area contributed by atoms with Gasteiger partial charge in [0.05, 0.1) is 23.5 Å². The molecule has 1 unspecified atom stereocenters. The number of anilines is 1. The summed E-state index contributed by atoms with van der Waals surface area (Å²) in [6.07, 6.45) is 3.29. The maximum Gasteiger partial charge on any atom is 0.239 e. The maximum atomic E-state index is 12.6. The Morgan fingerprint density at radius 3 is 2.42 bits per heavy atom.